The van der Waals surface area contributed by atoms with Gasteiger partial charge in [0.1, 0.15) is 6.04 Å². The standard InChI is InChI=1S/C18H24N4O3/c1-21(2)18(24)20-16(17(23)22-7-9-25-10-8-22)11-13-12-19-15-6-4-3-5-14(13)15/h3-6,12,16,19H,7-11H2,1-2H3,(H,20,24)/t16-/m0/s1. The fraction of sp³-hybridized carbons (Fsp3) is 0.444. The molecule has 1 fully saturated rings. The zero-order valence-corrected chi connectivity index (χ0v) is 14.6. The summed E-state index contributed by atoms with van der Waals surface area (Å²) in [5.74, 6) is -0.0659. The van der Waals surface area contributed by atoms with Crippen LogP contribution in [0.2, 0.25) is 0 Å². The second kappa shape index (κ2) is 7.57. The number of benzene rings is 1. The van der Waals surface area contributed by atoms with E-state index in [9.17, 15) is 9.59 Å². The quantitative estimate of drug-likeness (QED) is 0.875. The summed E-state index contributed by atoms with van der Waals surface area (Å²) in [5, 5.41) is 3.93. The number of fused-ring (bicyclic) bond motifs is 1. The number of hydrogen-bond acceptors (Lipinski definition) is 3. The predicted octanol–water partition coefficient (Wildman–Crippen LogP) is 1.21. The summed E-state index contributed by atoms with van der Waals surface area (Å²) in [4.78, 5) is 31.5. The molecule has 0 bridgehead atoms. The minimum Gasteiger partial charge on any atom is -0.378 e. The van der Waals surface area contributed by atoms with E-state index in [1.807, 2.05) is 30.5 Å². The van der Waals surface area contributed by atoms with Crippen LogP contribution in [0.1, 0.15) is 5.56 Å². The third kappa shape index (κ3) is 3.93. The van der Waals surface area contributed by atoms with Crippen LogP contribution in [0.15, 0.2) is 30.5 Å². The fourth-order valence-corrected chi connectivity index (χ4v) is 3.00. The molecule has 1 saturated heterocycles. The topological polar surface area (TPSA) is 77.7 Å². The molecule has 7 nitrogen and oxygen atoms in total. The van der Waals surface area contributed by atoms with Gasteiger partial charge in [-0.05, 0) is 11.6 Å². The Morgan fingerprint density at radius 2 is 2.00 bits per heavy atom. The van der Waals surface area contributed by atoms with Crippen molar-refractivity contribution < 1.29 is 14.3 Å². The Bertz CT molecular complexity index is 750. The Labute approximate surface area is 146 Å². The predicted molar refractivity (Wildman–Crippen MR) is 95.4 cm³/mol. The number of amides is 3. The number of ether oxygens (including phenoxy) is 1. The number of aromatic nitrogens is 1. The molecule has 0 spiro atoms. The van der Waals surface area contributed by atoms with E-state index in [1.54, 1.807) is 19.0 Å². The summed E-state index contributed by atoms with van der Waals surface area (Å²) in [7, 11) is 3.33. The van der Waals surface area contributed by atoms with E-state index in [-0.39, 0.29) is 11.9 Å². The van der Waals surface area contributed by atoms with Crippen LogP contribution in [0.5, 0.6) is 0 Å². The van der Waals surface area contributed by atoms with Crippen molar-refractivity contribution in [1.82, 2.24) is 20.1 Å². The van der Waals surface area contributed by atoms with Gasteiger partial charge < -0.3 is 24.8 Å². The zero-order chi connectivity index (χ0) is 17.8. The number of hydrogen-bond donors (Lipinski definition) is 2. The number of H-pyrrole nitrogens is 1. The number of urea groups is 1. The minimum absolute atomic E-state index is 0.0659. The third-order valence-electron chi connectivity index (χ3n) is 4.42. The molecular weight excluding hydrogens is 320 g/mol. The lowest BCUT2D eigenvalue weighted by molar-refractivity contribution is -0.137. The highest BCUT2D eigenvalue weighted by Gasteiger charge is 2.28. The summed E-state index contributed by atoms with van der Waals surface area (Å²) >= 11 is 0. The molecule has 2 heterocycles. The molecule has 134 valence electrons. The summed E-state index contributed by atoms with van der Waals surface area (Å²) in [6.45, 7) is 2.18. The molecule has 3 amide bonds. The molecule has 1 aromatic heterocycles. The monoisotopic (exact) mass is 344 g/mol. The number of para-hydroxylation sites is 1. The summed E-state index contributed by atoms with van der Waals surface area (Å²) < 4.78 is 5.32. The maximum atomic E-state index is 12.9. The Kier molecular flexibility index (Phi) is 5.23. The molecule has 0 unspecified atom stereocenters. The van der Waals surface area contributed by atoms with Gasteiger partial charge in [-0.15, -0.1) is 0 Å². The van der Waals surface area contributed by atoms with Crippen LogP contribution in [-0.4, -0.2) is 73.2 Å². The molecule has 3 rings (SSSR count). The highest BCUT2D eigenvalue weighted by Crippen LogP contribution is 2.20. The first-order valence-corrected chi connectivity index (χ1v) is 8.45. The van der Waals surface area contributed by atoms with Gasteiger partial charge in [-0.3, -0.25) is 4.79 Å². The van der Waals surface area contributed by atoms with Crippen molar-refractivity contribution in [1.29, 1.82) is 0 Å². The molecule has 25 heavy (non-hydrogen) atoms. The molecule has 2 N–H and O–H groups in total. The number of nitrogens with zero attached hydrogens (tertiary/aromatic N) is 2. The van der Waals surface area contributed by atoms with Gasteiger partial charge in [0.15, 0.2) is 0 Å². The lowest BCUT2D eigenvalue weighted by atomic mass is 10.0. The molecule has 1 aliphatic heterocycles. The van der Waals surface area contributed by atoms with E-state index in [0.717, 1.165) is 16.5 Å². The Hall–Kier alpha value is -2.54. The average Bonchev–Trinajstić information content (AvgIpc) is 3.04. The van der Waals surface area contributed by atoms with Gasteiger partial charge >= 0.3 is 6.03 Å². The normalized spacial score (nSPS) is 15.8. The van der Waals surface area contributed by atoms with Gasteiger partial charge in [0.2, 0.25) is 5.91 Å². The van der Waals surface area contributed by atoms with Gasteiger partial charge in [0.25, 0.3) is 0 Å². The van der Waals surface area contributed by atoms with Gasteiger partial charge in [-0.1, -0.05) is 18.2 Å². The van der Waals surface area contributed by atoms with Crippen molar-refractivity contribution >= 4 is 22.8 Å². The smallest absolute Gasteiger partial charge is 0.317 e. The maximum absolute atomic E-state index is 12.9. The summed E-state index contributed by atoms with van der Waals surface area (Å²) in [5.41, 5.74) is 2.04. The first-order valence-electron chi connectivity index (χ1n) is 8.45. The highest BCUT2D eigenvalue weighted by atomic mass is 16.5. The molecule has 0 radical (unpaired) electrons. The fourth-order valence-electron chi connectivity index (χ4n) is 3.00. The number of carbonyl (C=O) groups excluding carboxylic acids is 2. The van der Waals surface area contributed by atoms with Crippen molar-refractivity contribution in [2.45, 2.75) is 12.5 Å². The van der Waals surface area contributed by atoms with Crippen LogP contribution >= 0.6 is 0 Å². The molecule has 7 heteroatoms. The molecule has 2 aromatic rings. The number of carbonyl (C=O) groups is 2. The van der Waals surface area contributed by atoms with Gasteiger partial charge in [0, 0.05) is 50.7 Å². The molecular formula is C18H24N4O3. The second-order valence-corrected chi connectivity index (χ2v) is 6.40. The lowest BCUT2D eigenvalue weighted by Gasteiger charge is -2.31. The molecule has 0 saturated carbocycles. The van der Waals surface area contributed by atoms with Gasteiger partial charge in [0.05, 0.1) is 13.2 Å². The number of rotatable bonds is 4. The van der Waals surface area contributed by atoms with Crippen molar-refractivity contribution in [3.05, 3.63) is 36.0 Å². The molecule has 1 atom stereocenters. The summed E-state index contributed by atoms with van der Waals surface area (Å²) in [6, 6.07) is 7.07. The van der Waals surface area contributed by atoms with E-state index < -0.39 is 6.04 Å². The number of aromatic amines is 1. The van der Waals surface area contributed by atoms with Crippen LogP contribution in [0, 0.1) is 0 Å². The number of nitrogens with one attached hydrogen (secondary N) is 2. The largest absolute Gasteiger partial charge is 0.378 e. The Balaban J connectivity index is 1.82. The van der Waals surface area contributed by atoms with Crippen molar-refractivity contribution in [2.24, 2.45) is 0 Å². The van der Waals surface area contributed by atoms with E-state index in [0.29, 0.717) is 32.7 Å². The van der Waals surface area contributed by atoms with Crippen LogP contribution in [0.4, 0.5) is 4.79 Å². The van der Waals surface area contributed by atoms with E-state index in [1.165, 1.54) is 4.90 Å². The van der Waals surface area contributed by atoms with Crippen molar-refractivity contribution in [3.63, 3.8) is 0 Å². The molecule has 1 aromatic carbocycles. The second-order valence-electron chi connectivity index (χ2n) is 6.40. The van der Waals surface area contributed by atoms with Crippen LogP contribution in [0.3, 0.4) is 0 Å². The first-order chi connectivity index (χ1) is 12.1. The molecule has 0 aliphatic carbocycles. The Morgan fingerprint density at radius 3 is 2.72 bits per heavy atom. The van der Waals surface area contributed by atoms with Gasteiger partial charge in [-0.25, -0.2) is 4.79 Å². The van der Waals surface area contributed by atoms with Crippen LogP contribution < -0.4 is 5.32 Å². The Morgan fingerprint density at radius 1 is 1.28 bits per heavy atom. The van der Waals surface area contributed by atoms with Crippen molar-refractivity contribution in [2.75, 3.05) is 40.4 Å². The maximum Gasteiger partial charge on any atom is 0.317 e. The van der Waals surface area contributed by atoms with E-state index in [4.69, 9.17) is 4.74 Å². The van der Waals surface area contributed by atoms with E-state index >= 15 is 0 Å². The molecule has 1 aliphatic rings. The third-order valence-corrected chi connectivity index (χ3v) is 4.42. The van der Waals surface area contributed by atoms with Crippen LogP contribution in [0.25, 0.3) is 10.9 Å². The van der Waals surface area contributed by atoms with E-state index in [2.05, 4.69) is 10.3 Å². The minimum atomic E-state index is -0.604. The highest BCUT2D eigenvalue weighted by molar-refractivity contribution is 5.89. The number of morpholine rings is 1. The van der Waals surface area contributed by atoms with Crippen molar-refractivity contribution in [3.8, 4) is 0 Å². The lowest BCUT2D eigenvalue weighted by Crippen LogP contribution is -2.54. The average molecular weight is 344 g/mol. The SMILES string of the molecule is CN(C)C(=O)N[C@@H](Cc1c[nH]c2ccccc12)C(=O)N1CCOCC1. The zero-order valence-electron chi connectivity index (χ0n) is 14.6. The first kappa shape index (κ1) is 17.3. The van der Waals surface area contributed by atoms with Gasteiger partial charge in [-0.2, -0.15) is 0 Å². The summed E-state index contributed by atoms with van der Waals surface area (Å²) in [6.07, 6.45) is 2.35. The van der Waals surface area contributed by atoms with Crippen LogP contribution in [-0.2, 0) is 16.0 Å².